The van der Waals surface area contributed by atoms with Crippen LogP contribution >= 0.6 is 50.3 Å². The quantitative estimate of drug-likeness (QED) is 0.570. The van der Waals surface area contributed by atoms with Gasteiger partial charge in [-0.1, -0.05) is 30.8 Å². The van der Waals surface area contributed by atoms with Crippen LogP contribution in [0.2, 0.25) is 0 Å². The van der Waals surface area contributed by atoms with Gasteiger partial charge in [-0.3, -0.25) is 0 Å². The van der Waals surface area contributed by atoms with Crippen molar-refractivity contribution in [2.75, 3.05) is 0 Å². The van der Waals surface area contributed by atoms with Gasteiger partial charge in [0.15, 0.2) is 0 Å². The van der Waals surface area contributed by atoms with Crippen LogP contribution < -0.4 is 0 Å². The van der Waals surface area contributed by atoms with Gasteiger partial charge in [0.05, 0.1) is 0 Å². The Morgan fingerprint density at radius 3 is 2.41 bits per heavy atom. The van der Waals surface area contributed by atoms with Crippen molar-refractivity contribution in [1.29, 1.82) is 0 Å². The molecule has 2 rings (SSSR count). The second kappa shape index (κ2) is 6.25. The molecule has 0 heterocycles. The average Bonchev–Trinajstić information content (AvgIpc) is 2.34. The Morgan fingerprint density at radius 1 is 1.12 bits per heavy atom. The van der Waals surface area contributed by atoms with Crippen molar-refractivity contribution in [3.05, 3.63) is 56.1 Å². The Morgan fingerprint density at radius 2 is 1.82 bits per heavy atom. The molecule has 0 unspecified atom stereocenters. The third-order valence-electron chi connectivity index (χ3n) is 2.45. The molecule has 0 fully saturated rings. The van der Waals surface area contributed by atoms with E-state index in [0.29, 0.717) is 0 Å². The molecule has 0 spiro atoms. The lowest BCUT2D eigenvalue weighted by Gasteiger charge is -2.05. The number of hydrogen-bond donors (Lipinski definition) is 0. The summed E-state index contributed by atoms with van der Waals surface area (Å²) in [6.45, 7) is 2.18. The van der Waals surface area contributed by atoms with Crippen LogP contribution in [0.4, 0.5) is 0 Å². The maximum Gasteiger partial charge on any atom is 0.0325 e. The summed E-state index contributed by atoms with van der Waals surface area (Å²) in [6, 6.07) is 15.2. The molecule has 0 aliphatic heterocycles. The van der Waals surface area contributed by atoms with Gasteiger partial charge < -0.3 is 0 Å². The van der Waals surface area contributed by atoms with Gasteiger partial charge in [0.1, 0.15) is 0 Å². The van der Waals surface area contributed by atoms with Crippen LogP contribution in [0.25, 0.3) is 0 Å². The smallest absolute Gasteiger partial charge is 0.0325 e. The number of benzene rings is 2. The molecular weight excluding hydrogens is 407 g/mol. The van der Waals surface area contributed by atoms with Crippen LogP contribution in [-0.4, -0.2) is 0 Å². The number of rotatable bonds is 3. The summed E-state index contributed by atoms with van der Waals surface area (Å²) in [5, 5.41) is 0. The van der Waals surface area contributed by atoms with E-state index in [2.05, 4.69) is 87.9 Å². The summed E-state index contributed by atoms with van der Waals surface area (Å²) in [6.07, 6.45) is 1.10. The molecule has 0 N–H and O–H groups in total. The monoisotopic (exact) mass is 418 g/mol. The average molecular weight is 419 g/mol. The topological polar surface area (TPSA) is 0 Å². The van der Waals surface area contributed by atoms with Crippen molar-refractivity contribution in [3.63, 3.8) is 0 Å². The predicted molar refractivity (Wildman–Crippen MR) is 86.8 cm³/mol. The van der Waals surface area contributed by atoms with E-state index in [-0.39, 0.29) is 0 Å². The molecule has 0 amide bonds. The SMILES string of the molecule is CCc1ccc(Sc2ccc(I)cc2Br)cc1. The van der Waals surface area contributed by atoms with E-state index in [1.54, 1.807) is 11.8 Å². The first-order valence-corrected chi connectivity index (χ1v) is 8.09. The lowest BCUT2D eigenvalue weighted by atomic mass is 10.2. The molecule has 17 heavy (non-hydrogen) atoms. The van der Waals surface area contributed by atoms with Gasteiger partial charge in [-0.15, -0.1) is 0 Å². The summed E-state index contributed by atoms with van der Waals surface area (Å²) >= 11 is 7.72. The Bertz CT molecular complexity index is 508. The highest BCUT2D eigenvalue weighted by Crippen LogP contribution is 2.34. The van der Waals surface area contributed by atoms with Gasteiger partial charge in [-0.2, -0.15) is 0 Å². The highest BCUT2D eigenvalue weighted by atomic mass is 127. The molecule has 0 radical (unpaired) electrons. The van der Waals surface area contributed by atoms with Crippen molar-refractivity contribution < 1.29 is 0 Å². The molecular formula is C14H12BrIS. The fourth-order valence-electron chi connectivity index (χ4n) is 1.48. The zero-order valence-corrected chi connectivity index (χ0v) is 14.0. The molecule has 0 aliphatic carbocycles. The van der Waals surface area contributed by atoms with E-state index in [9.17, 15) is 0 Å². The van der Waals surface area contributed by atoms with Crippen LogP contribution in [0.1, 0.15) is 12.5 Å². The van der Waals surface area contributed by atoms with E-state index < -0.39 is 0 Å². The summed E-state index contributed by atoms with van der Waals surface area (Å²) in [5.74, 6) is 0. The van der Waals surface area contributed by atoms with Crippen molar-refractivity contribution in [2.24, 2.45) is 0 Å². The van der Waals surface area contributed by atoms with E-state index in [4.69, 9.17) is 0 Å². The maximum absolute atomic E-state index is 3.61. The lowest BCUT2D eigenvalue weighted by Crippen LogP contribution is -1.81. The van der Waals surface area contributed by atoms with E-state index >= 15 is 0 Å². The third-order valence-corrected chi connectivity index (χ3v) is 5.13. The van der Waals surface area contributed by atoms with Crippen LogP contribution in [-0.2, 0) is 6.42 Å². The molecule has 88 valence electrons. The largest absolute Gasteiger partial charge is 0.0889 e. The zero-order chi connectivity index (χ0) is 12.3. The summed E-state index contributed by atoms with van der Waals surface area (Å²) in [7, 11) is 0. The van der Waals surface area contributed by atoms with Gasteiger partial charge in [-0.25, -0.2) is 0 Å². The lowest BCUT2D eigenvalue weighted by molar-refractivity contribution is 1.13. The first-order valence-electron chi connectivity index (χ1n) is 5.41. The molecule has 0 aromatic heterocycles. The first kappa shape index (κ1) is 13.4. The van der Waals surface area contributed by atoms with Crippen LogP contribution in [0, 0.1) is 3.57 Å². The van der Waals surface area contributed by atoms with Gasteiger partial charge in [-0.05, 0) is 80.8 Å². The molecule has 2 aromatic carbocycles. The fourth-order valence-corrected chi connectivity index (χ4v) is 3.84. The first-order chi connectivity index (χ1) is 8.19. The van der Waals surface area contributed by atoms with Crippen LogP contribution in [0.5, 0.6) is 0 Å². The van der Waals surface area contributed by atoms with Crippen molar-refractivity contribution in [1.82, 2.24) is 0 Å². The molecule has 0 saturated carbocycles. The highest BCUT2D eigenvalue weighted by molar-refractivity contribution is 14.1. The van der Waals surface area contributed by atoms with Crippen molar-refractivity contribution in [3.8, 4) is 0 Å². The Labute approximate surface area is 128 Å². The molecule has 0 aliphatic rings. The molecule has 0 saturated heterocycles. The van der Waals surface area contributed by atoms with Gasteiger partial charge in [0.2, 0.25) is 0 Å². The van der Waals surface area contributed by atoms with Gasteiger partial charge >= 0.3 is 0 Å². The molecule has 2 aromatic rings. The van der Waals surface area contributed by atoms with Crippen LogP contribution in [0.15, 0.2) is 56.7 Å². The standard InChI is InChI=1S/C14H12BrIS/c1-2-10-3-6-12(7-4-10)17-14-8-5-11(16)9-13(14)15/h3-9H,2H2,1H3. The van der Waals surface area contributed by atoms with Crippen molar-refractivity contribution >= 4 is 50.3 Å². The van der Waals surface area contributed by atoms with Gasteiger partial charge in [0, 0.05) is 17.8 Å². The molecule has 0 atom stereocenters. The third kappa shape index (κ3) is 3.73. The fraction of sp³-hybridized carbons (Fsp3) is 0.143. The van der Waals surface area contributed by atoms with Gasteiger partial charge in [0.25, 0.3) is 0 Å². The summed E-state index contributed by atoms with van der Waals surface area (Å²) < 4.78 is 2.41. The normalized spacial score (nSPS) is 10.5. The Hall–Kier alpha value is -0.000000000000000111. The number of hydrogen-bond acceptors (Lipinski definition) is 1. The number of halogens is 2. The molecule has 3 heteroatoms. The van der Waals surface area contributed by atoms with Crippen LogP contribution in [0.3, 0.4) is 0 Å². The molecule has 0 bridgehead atoms. The molecule has 0 nitrogen and oxygen atoms in total. The Balaban J connectivity index is 2.19. The summed E-state index contributed by atoms with van der Waals surface area (Å²) in [4.78, 5) is 2.54. The Kier molecular flexibility index (Phi) is 4.94. The predicted octanol–water partition coefficient (Wildman–Crippen LogP) is 5.77. The second-order valence-corrected chi connectivity index (χ2v) is 6.89. The minimum absolute atomic E-state index is 1.10. The van der Waals surface area contributed by atoms with Crippen molar-refractivity contribution in [2.45, 2.75) is 23.1 Å². The summed E-state index contributed by atoms with van der Waals surface area (Å²) in [5.41, 5.74) is 1.39. The minimum atomic E-state index is 1.10. The second-order valence-electron chi connectivity index (χ2n) is 3.67. The minimum Gasteiger partial charge on any atom is -0.0889 e. The highest BCUT2D eigenvalue weighted by Gasteiger charge is 2.03. The number of aryl methyl sites for hydroxylation is 1. The van der Waals surface area contributed by atoms with E-state index in [1.807, 2.05) is 0 Å². The van der Waals surface area contributed by atoms with E-state index in [1.165, 1.54) is 18.9 Å². The zero-order valence-electron chi connectivity index (χ0n) is 9.41. The van der Waals surface area contributed by atoms with E-state index in [0.717, 1.165) is 10.9 Å². The maximum atomic E-state index is 3.61.